The number of aromatic nitrogens is 5. The van der Waals surface area contributed by atoms with E-state index >= 15 is 0 Å². The van der Waals surface area contributed by atoms with Gasteiger partial charge in [0.15, 0.2) is 0 Å². The average Bonchev–Trinajstić information content (AvgIpc) is 3.17. The molecule has 2 heterocycles. The van der Waals surface area contributed by atoms with Gasteiger partial charge in [0.25, 0.3) is 0 Å². The minimum Gasteiger partial charge on any atom is -0.389 e. The molecule has 4 rings (SSSR count). The molecule has 9 heteroatoms. The van der Waals surface area contributed by atoms with Crippen molar-refractivity contribution in [3.8, 4) is 0 Å². The lowest BCUT2D eigenvalue weighted by molar-refractivity contribution is -0.147. The highest BCUT2D eigenvalue weighted by atomic mass is 19.4. The third-order valence-electron chi connectivity index (χ3n) is 4.11. The van der Waals surface area contributed by atoms with E-state index in [0.29, 0.717) is 16.6 Å². The number of aliphatic hydroxyl groups excluding tert-OH is 1. The fraction of sp³-hybridized carbons (Fsp3) is 0.235. The van der Waals surface area contributed by atoms with E-state index in [1.165, 1.54) is 10.7 Å². The van der Waals surface area contributed by atoms with Gasteiger partial charge < -0.3 is 9.67 Å². The van der Waals surface area contributed by atoms with Gasteiger partial charge in [-0.2, -0.15) is 13.2 Å². The molecule has 0 saturated heterocycles. The smallest absolute Gasteiger partial charge is 0.389 e. The summed E-state index contributed by atoms with van der Waals surface area (Å²) in [5.41, 5.74) is 1.92. The van der Waals surface area contributed by atoms with Gasteiger partial charge in [0, 0.05) is 0 Å². The summed E-state index contributed by atoms with van der Waals surface area (Å²) in [5, 5.41) is 18.3. The molecule has 2 aromatic heterocycles. The summed E-state index contributed by atoms with van der Waals surface area (Å²) in [4.78, 5) is 3.68. The lowest BCUT2D eigenvalue weighted by Gasteiger charge is -2.16. The Labute approximate surface area is 145 Å². The highest BCUT2D eigenvalue weighted by molar-refractivity contribution is 5.76. The van der Waals surface area contributed by atoms with E-state index < -0.39 is 18.1 Å². The molecule has 0 radical (unpaired) electrons. The maximum absolute atomic E-state index is 13.3. The highest BCUT2D eigenvalue weighted by Gasteiger charge is 2.38. The topological polar surface area (TPSA) is 68.8 Å². The Morgan fingerprint density at radius 2 is 1.58 bits per heavy atom. The van der Waals surface area contributed by atoms with E-state index in [1.54, 1.807) is 36.4 Å². The fourth-order valence-corrected chi connectivity index (χ4v) is 3.00. The normalized spacial score (nSPS) is 13.5. The van der Waals surface area contributed by atoms with Crippen LogP contribution in [0.1, 0.15) is 5.82 Å². The van der Waals surface area contributed by atoms with Crippen molar-refractivity contribution in [3.63, 3.8) is 0 Å². The minimum absolute atomic E-state index is 0.0182. The summed E-state index contributed by atoms with van der Waals surface area (Å²) in [6, 6.07) is 13.5. The zero-order valence-corrected chi connectivity index (χ0v) is 13.4. The number of rotatable bonds is 4. The molecular formula is C17H14F3N5O. The van der Waals surface area contributed by atoms with Gasteiger partial charge in [-0.25, -0.2) is 9.67 Å². The van der Waals surface area contributed by atoms with E-state index in [0.717, 1.165) is 4.57 Å². The van der Waals surface area contributed by atoms with Crippen LogP contribution in [-0.4, -0.2) is 35.8 Å². The molecule has 2 aromatic carbocycles. The summed E-state index contributed by atoms with van der Waals surface area (Å²) in [5.74, 6) is -1.03. The van der Waals surface area contributed by atoms with Crippen molar-refractivity contribution in [3.05, 3.63) is 54.4 Å². The van der Waals surface area contributed by atoms with Crippen LogP contribution in [0.25, 0.3) is 22.1 Å². The quantitative estimate of drug-likeness (QED) is 0.607. The summed E-state index contributed by atoms with van der Waals surface area (Å²) in [7, 11) is 0. The van der Waals surface area contributed by atoms with Gasteiger partial charge in [0.1, 0.15) is 5.52 Å². The molecule has 0 amide bonds. The number of para-hydroxylation sites is 3. The molecule has 0 aliphatic rings. The number of hydrogen-bond acceptors (Lipinski definition) is 4. The van der Waals surface area contributed by atoms with Crippen molar-refractivity contribution in [1.29, 1.82) is 0 Å². The average molecular weight is 361 g/mol. The molecule has 0 saturated carbocycles. The van der Waals surface area contributed by atoms with Crippen LogP contribution in [0.5, 0.6) is 0 Å². The molecule has 134 valence electrons. The van der Waals surface area contributed by atoms with Gasteiger partial charge in [-0.15, -0.1) is 5.10 Å². The zero-order chi connectivity index (χ0) is 18.3. The Morgan fingerprint density at radius 3 is 2.31 bits per heavy atom. The van der Waals surface area contributed by atoms with E-state index in [9.17, 15) is 18.3 Å². The molecule has 0 unspecified atom stereocenters. The molecule has 0 aliphatic heterocycles. The number of benzene rings is 2. The summed E-state index contributed by atoms with van der Waals surface area (Å²) < 4.78 is 42.5. The Hall–Kier alpha value is -2.94. The maximum atomic E-state index is 13.3. The Kier molecular flexibility index (Phi) is 3.87. The number of hydrogen-bond donors (Lipinski definition) is 1. The van der Waals surface area contributed by atoms with E-state index in [-0.39, 0.29) is 18.6 Å². The Morgan fingerprint density at radius 1 is 0.923 bits per heavy atom. The lowest BCUT2D eigenvalue weighted by Crippen LogP contribution is -2.26. The summed E-state index contributed by atoms with van der Waals surface area (Å²) >= 11 is 0. The van der Waals surface area contributed by atoms with E-state index in [1.807, 2.05) is 6.07 Å². The van der Waals surface area contributed by atoms with Crippen molar-refractivity contribution in [2.45, 2.75) is 25.4 Å². The Bertz CT molecular complexity index is 1070. The van der Waals surface area contributed by atoms with Crippen LogP contribution in [0.4, 0.5) is 13.2 Å². The van der Waals surface area contributed by atoms with Crippen LogP contribution < -0.4 is 0 Å². The fourth-order valence-electron chi connectivity index (χ4n) is 3.00. The first-order valence-corrected chi connectivity index (χ1v) is 7.92. The second-order valence-electron chi connectivity index (χ2n) is 5.95. The molecule has 0 spiro atoms. The second kappa shape index (κ2) is 6.10. The molecule has 6 nitrogen and oxygen atoms in total. The number of halogens is 3. The van der Waals surface area contributed by atoms with Crippen molar-refractivity contribution in [1.82, 2.24) is 24.5 Å². The van der Waals surface area contributed by atoms with Gasteiger partial charge in [-0.05, 0) is 24.3 Å². The largest absolute Gasteiger partial charge is 0.449 e. The first-order chi connectivity index (χ1) is 12.4. The van der Waals surface area contributed by atoms with Crippen LogP contribution in [0, 0.1) is 0 Å². The van der Waals surface area contributed by atoms with Gasteiger partial charge in [-0.1, -0.05) is 29.5 Å². The molecule has 1 N–H and O–H groups in total. The van der Waals surface area contributed by atoms with Crippen LogP contribution >= 0.6 is 0 Å². The number of nitrogens with zero attached hydrogens (tertiary/aromatic N) is 5. The predicted octanol–water partition coefficient (Wildman–Crippen LogP) is 2.86. The summed E-state index contributed by atoms with van der Waals surface area (Å²) in [6.07, 6.45) is -5.71. The minimum atomic E-state index is -4.61. The van der Waals surface area contributed by atoms with Crippen molar-refractivity contribution in [2.75, 3.05) is 0 Å². The van der Waals surface area contributed by atoms with Crippen LogP contribution in [0.3, 0.4) is 0 Å². The summed E-state index contributed by atoms with van der Waals surface area (Å²) in [6.45, 7) is -0.242. The van der Waals surface area contributed by atoms with E-state index in [4.69, 9.17) is 0 Å². The van der Waals surface area contributed by atoms with E-state index in [2.05, 4.69) is 15.3 Å². The third kappa shape index (κ3) is 2.90. The molecule has 26 heavy (non-hydrogen) atoms. The Balaban J connectivity index is 1.66. The van der Waals surface area contributed by atoms with Crippen molar-refractivity contribution in [2.24, 2.45) is 0 Å². The standard InChI is InChI=1S/C17H14F3N5O/c18-17(19,20)16-21-12-5-1-3-7-14(12)24(16)9-11(26)10-25-15-8-4-2-6-13(15)22-23-25/h1-8,11,26H,9-10H2/t11-/m0/s1. The van der Waals surface area contributed by atoms with Crippen LogP contribution in [0.15, 0.2) is 48.5 Å². The monoisotopic (exact) mass is 361 g/mol. The van der Waals surface area contributed by atoms with Crippen molar-refractivity contribution < 1.29 is 18.3 Å². The maximum Gasteiger partial charge on any atom is 0.449 e. The number of imidazole rings is 1. The number of aliphatic hydroxyl groups is 1. The zero-order valence-electron chi connectivity index (χ0n) is 13.4. The molecule has 4 aromatic rings. The van der Waals surface area contributed by atoms with Gasteiger partial charge in [0.2, 0.25) is 5.82 Å². The van der Waals surface area contributed by atoms with Crippen molar-refractivity contribution >= 4 is 22.1 Å². The van der Waals surface area contributed by atoms with Gasteiger partial charge in [-0.3, -0.25) is 0 Å². The SMILES string of the molecule is O[C@H](Cn1nnc2ccccc21)Cn1c(C(F)(F)F)nc2ccccc21. The van der Waals surface area contributed by atoms with Gasteiger partial charge >= 0.3 is 6.18 Å². The predicted molar refractivity (Wildman–Crippen MR) is 88.3 cm³/mol. The van der Waals surface area contributed by atoms with Crippen LogP contribution in [-0.2, 0) is 19.3 Å². The highest BCUT2D eigenvalue weighted by Crippen LogP contribution is 2.31. The second-order valence-corrected chi connectivity index (χ2v) is 5.95. The molecule has 1 atom stereocenters. The number of alkyl halides is 3. The van der Waals surface area contributed by atoms with Gasteiger partial charge in [0.05, 0.1) is 35.7 Å². The molecule has 0 aliphatic carbocycles. The lowest BCUT2D eigenvalue weighted by atomic mass is 10.3. The third-order valence-corrected chi connectivity index (χ3v) is 4.11. The molecule has 0 fully saturated rings. The number of fused-ring (bicyclic) bond motifs is 2. The first-order valence-electron chi connectivity index (χ1n) is 7.92. The van der Waals surface area contributed by atoms with Crippen LogP contribution in [0.2, 0.25) is 0 Å². The molecule has 0 bridgehead atoms. The molecular weight excluding hydrogens is 347 g/mol. The first kappa shape index (κ1) is 16.5.